The summed E-state index contributed by atoms with van der Waals surface area (Å²) in [7, 11) is 3.21. The number of hydrogen-bond donors (Lipinski definition) is 1. The van der Waals surface area contributed by atoms with E-state index in [-0.39, 0.29) is 11.7 Å². The van der Waals surface area contributed by atoms with E-state index in [9.17, 15) is 4.79 Å². The van der Waals surface area contributed by atoms with E-state index in [1.165, 1.54) is 11.2 Å². The SMILES string of the molecule is COc1cccc([C@H]2C3=C(C[C@H](c4cccs4)CC3=O)Nc3ncnn32)c1OC. The molecule has 2 aliphatic rings. The van der Waals surface area contributed by atoms with Crippen molar-refractivity contribution in [1.82, 2.24) is 14.8 Å². The fourth-order valence-corrected chi connectivity index (χ4v) is 5.12. The lowest BCUT2D eigenvalue weighted by Crippen LogP contribution is -2.33. The maximum atomic E-state index is 13.4. The number of aromatic nitrogens is 3. The number of carbonyl (C=O) groups excluding carboxylic acids is 1. The molecule has 2 atom stereocenters. The highest BCUT2D eigenvalue weighted by molar-refractivity contribution is 7.10. The zero-order chi connectivity index (χ0) is 20.0. The van der Waals surface area contributed by atoms with Crippen LogP contribution in [0.2, 0.25) is 0 Å². The van der Waals surface area contributed by atoms with E-state index in [0.717, 1.165) is 23.3 Å². The molecule has 7 nitrogen and oxygen atoms in total. The molecule has 0 bridgehead atoms. The van der Waals surface area contributed by atoms with Gasteiger partial charge in [-0.15, -0.1) is 11.3 Å². The van der Waals surface area contributed by atoms with Crippen LogP contribution in [0.25, 0.3) is 0 Å². The number of allylic oxidation sites excluding steroid dienone is 2. The van der Waals surface area contributed by atoms with Gasteiger partial charge in [0, 0.05) is 34.0 Å². The number of para-hydroxylation sites is 1. The Kier molecular flexibility index (Phi) is 4.35. The van der Waals surface area contributed by atoms with Crippen LogP contribution in [0, 0.1) is 0 Å². The quantitative estimate of drug-likeness (QED) is 0.708. The Hall–Kier alpha value is -3.13. The third-order valence-electron chi connectivity index (χ3n) is 5.54. The van der Waals surface area contributed by atoms with Crippen LogP contribution in [0.1, 0.15) is 35.2 Å². The van der Waals surface area contributed by atoms with Crippen LogP contribution >= 0.6 is 11.3 Å². The molecule has 1 aliphatic heterocycles. The van der Waals surface area contributed by atoms with Crippen molar-refractivity contribution in [3.63, 3.8) is 0 Å². The molecule has 3 heterocycles. The number of rotatable bonds is 4. The lowest BCUT2D eigenvalue weighted by atomic mass is 9.80. The Labute approximate surface area is 172 Å². The second-order valence-electron chi connectivity index (χ2n) is 7.07. The summed E-state index contributed by atoms with van der Waals surface area (Å²) >= 11 is 1.69. The van der Waals surface area contributed by atoms with Crippen molar-refractivity contribution < 1.29 is 14.3 Å². The minimum Gasteiger partial charge on any atom is -0.493 e. The van der Waals surface area contributed by atoms with Gasteiger partial charge in [0.05, 0.1) is 14.2 Å². The van der Waals surface area contributed by atoms with E-state index < -0.39 is 6.04 Å². The van der Waals surface area contributed by atoms with Crippen molar-refractivity contribution in [2.45, 2.75) is 24.8 Å². The molecule has 2 aromatic heterocycles. The average Bonchev–Trinajstić information content (AvgIpc) is 3.43. The standard InChI is InChI=1S/C21H20N4O3S/c1-27-16-6-3-5-13(20(16)28-2)19-18-14(24-21-22-11-23-25(19)21)9-12(10-15(18)26)17-7-4-8-29-17/h3-8,11-12,19H,9-10H2,1-2H3,(H,22,23,24)/t12-,19-/m0/s1. The van der Waals surface area contributed by atoms with Crippen LogP contribution in [-0.2, 0) is 4.79 Å². The van der Waals surface area contributed by atoms with Gasteiger partial charge in [0.1, 0.15) is 12.4 Å². The van der Waals surface area contributed by atoms with Crippen molar-refractivity contribution in [3.05, 3.63) is 63.7 Å². The fraction of sp³-hybridized carbons (Fsp3) is 0.286. The summed E-state index contributed by atoms with van der Waals surface area (Å²) < 4.78 is 12.9. The molecule has 0 saturated heterocycles. The average molecular weight is 408 g/mol. The zero-order valence-electron chi connectivity index (χ0n) is 16.1. The van der Waals surface area contributed by atoms with Gasteiger partial charge in [-0.1, -0.05) is 18.2 Å². The molecule has 29 heavy (non-hydrogen) atoms. The first-order valence-electron chi connectivity index (χ1n) is 9.38. The Morgan fingerprint density at radius 2 is 2.07 bits per heavy atom. The number of hydrogen-bond acceptors (Lipinski definition) is 7. The molecule has 0 unspecified atom stereocenters. The molecule has 0 spiro atoms. The number of ether oxygens (including phenoxy) is 2. The Morgan fingerprint density at radius 1 is 1.17 bits per heavy atom. The van der Waals surface area contributed by atoms with E-state index in [4.69, 9.17) is 9.47 Å². The number of nitrogens with one attached hydrogen (secondary N) is 1. The number of thiophene rings is 1. The lowest BCUT2D eigenvalue weighted by Gasteiger charge is -2.35. The molecule has 148 valence electrons. The normalized spacial score (nSPS) is 20.7. The van der Waals surface area contributed by atoms with Gasteiger partial charge in [0.25, 0.3) is 0 Å². The number of methoxy groups -OCH3 is 2. The molecule has 0 saturated carbocycles. The Bertz CT molecular complexity index is 1100. The van der Waals surface area contributed by atoms with Crippen molar-refractivity contribution in [1.29, 1.82) is 0 Å². The molecule has 5 rings (SSSR count). The molecule has 0 amide bonds. The fourth-order valence-electron chi connectivity index (χ4n) is 4.29. The summed E-state index contributed by atoms with van der Waals surface area (Å²) in [4.78, 5) is 19.0. The van der Waals surface area contributed by atoms with Crippen molar-refractivity contribution >= 4 is 23.1 Å². The largest absolute Gasteiger partial charge is 0.493 e. The summed E-state index contributed by atoms with van der Waals surface area (Å²) in [5.74, 6) is 2.14. The Morgan fingerprint density at radius 3 is 2.83 bits per heavy atom. The summed E-state index contributed by atoms with van der Waals surface area (Å²) in [6.45, 7) is 0. The highest BCUT2D eigenvalue weighted by Gasteiger charge is 2.40. The van der Waals surface area contributed by atoms with Gasteiger partial charge in [0.2, 0.25) is 5.95 Å². The van der Waals surface area contributed by atoms with Crippen molar-refractivity contribution in [2.24, 2.45) is 0 Å². The number of anilines is 1. The van der Waals surface area contributed by atoms with Crippen molar-refractivity contribution in [2.75, 3.05) is 19.5 Å². The molecular formula is C21H20N4O3S. The smallest absolute Gasteiger partial charge is 0.226 e. The summed E-state index contributed by atoms with van der Waals surface area (Å²) in [6, 6.07) is 9.41. The third kappa shape index (κ3) is 2.82. The predicted octanol–water partition coefficient (Wildman–Crippen LogP) is 3.77. The molecule has 1 aliphatic carbocycles. The summed E-state index contributed by atoms with van der Waals surface area (Å²) in [5, 5.41) is 9.80. The lowest BCUT2D eigenvalue weighted by molar-refractivity contribution is -0.116. The number of fused-ring (bicyclic) bond motifs is 1. The van der Waals surface area contributed by atoms with E-state index in [0.29, 0.717) is 23.9 Å². The summed E-state index contributed by atoms with van der Waals surface area (Å²) in [5.41, 5.74) is 2.47. The second-order valence-corrected chi connectivity index (χ2v) is 8.05. The minimum absolute atomic E-state index is 0.119. The maximum Gasteiger partial charge on any atom is 0.226 e. The van der Waals surface area contributed by atoms with Gasteiger partial charge in [-0.2, -0.15) is 10.1 Å². The van der Waals surface area contributed by atoms with Crippen LogP contribution < -0.4 is 14.8 Å². The summed E-state index contributed by atoms with van der Waals surface area (Å²) in [6.07, 6.45) is 2.74. The first kappa shape index (κ1) is 17.9. The van der Waals surface area contributed by atoms with E-state index in [1.807, 2.05) is 24.3 Å². The van der Waals surface area contributed by atoms with Crippen LogP contribution in [-0.4, -0.2) is 34.8 Å². The van der Waals surface area contributed by atoms with Gasteiger partial charge in [0.15, 0.2) is 17.3 Å². The van der Waals surface area contributed by atoms with E-state index >= 15 is 0 Å². The van der Waals surface area contributed by atoms with Crippen LogP contribution in [0.4, 0.5) is 5.95 Å². The van der Waals surface area contributed by atoms with Crippen LogP contribution in [0.3, 0.4) is 0 Å². The minimum atomic E-state index is -0.411. The molecule has 0 fully saturated rings. The number of benzene rings is 1. The van der Waals surface area contributed by atoms with Gasteiger partial charge < -0.3 is 14.8 Å². The molecule has 3 aromatic rings. The second kappa shape index (κ2) is 7.04. The molecular weight excluding hydrogens is 388 g/mol. The van der Waals surface area contributed by atoms with Gasteiger partial charge in [-0.25, -0.2) is 4.68 Å². The highest BCUT2D eigenvalue weighted by atomic mass is 32.1. The number of ketones is 1. The molecule has 0 radical (unpaired) electrons. The zero-order valence-corrected chi connectivity index (χ0v) is 16.9. The monoisotopic (exact) mass is 408 g/mol. The number of Topliss-reactive ketones (excluding diaryl/α,β-unsaturated/α-hetero) is 1. The van der Waals surface area contributed by atoms with Gasteiger partial charge >= 0.3 is 0 Å². The van der Waals surface area contributed by atoms with Crippen LogP contribution in [0.5, 0.6) is 11.5 Å². The first-order valence-corrected chi connectivity index (χ1v) is 10.3. The highest BCUT2D eigenvalue weighted by Crippen LogP contribution is 2.47. The predicted molar refractivity (Wildman–Crippen MR) is 110 cm³/mol. The number of nitrogens with zero attached hydrogens (tertiary/aromatic N) is 3. The van der Waals surface area contributed by atoms with E-state index in [2.05, 4.69) is 26.8 Å². The molecule has 1 aromatic carbocycles. The number of carbonyl (C=O) groups is 1. The van der Waals surface area contributed by atoms with Crippen LogP contribution in [0.15, 0.2) is 53.3 Å². The molecule has 8 heteroatoms. The van der Waals surface area contributed by atoms with Crippen molar-refractivity contribution in [3.8, 4) is 11.5 Å². The third-order valence-corrected chi connectivity index (χ3v) is 6.57. The van der Waals surface area contributed by atoms with Gasteiger partial charge in [-0.05, 0) is 23.9 Å². The first-order chi connectivity index (χ1) is 14.2. The topological polar surface area (TPSA) is 78.3 Å². The van der Waals surface area contributed by atoms with E-state index in [1.54, 1.807) is 30.2 Å². The maximum absolute atomic E-state index is 13.4. The molecule has 1 N–H and O–H groups in total. The van der Waals surface area contributed by atoms with Gasteiger partial charge in [-0.3, -0.25) is 4.79 Å². The Balaban J connectivity index is 1.66.